The smallest absolute Gasteiger partial charge is 0.322 e. The van der Waals surface area contributed by atoms with Crippen LogP contribution >= 0.6 is 0 Å². The number of carbonyl (C=O) groups excluding carboxylic acids is 1. The zero-order valence-corrected chi connectivity index (χ0v) is 15.5. The zero-order chi connectivity index (χ0) is 18.8. The highest BCUT2D eigenvalue weighted by molar-refractivity contribution is 5.88. The molecule has 0 saturated carbocycles. The summed E-state index contributed by atoms with van der Waals surface area (Å²) in [5.41, 5.74) is 3.17. The highest BCUT2D eigenvalue weighted by Crippen LogP contribution is 2.23. The Hall–Kier alpha value is -3.16. The molecule has 8 nitrogen and oxygen atoms in total. The van der Waals surface area contributed by atoms with Crippen molar-refractivity contribution in [3.05, 3.63) is 59.8 Å². The Morgan fingerprint density at radius 2 is 2.19 bits per heavy atom. The lowest BCUT2D eigenvalue weighted by Gasteiger charge is -2.18. The summed E-state index contributed by atoms with van der Waals surface area (Å²) < 4.78 is 3.80. The predicted molar refractivity (Wildman–Crippen MR) is 102 cm³/mol. The molecule has 0 unspecified atom stereocenters. The van der Waals surface area contributed by atoms with Crippen LogP contribution in [0.3, 0.4) is 0 Å². The summed E-state index contributed by atoms with van der Waals surface area (Å²) in [6.45, 7) is 5.98. The molecule has 0 bridgehead atoms. The molecule has 1 fully saturated rings. The van der Waals surface area contributed by atoms with Crippen LogP contribution in [-0.2, 0) is 6.54 Å². The fraction of sp³-hybridized carbons (Fsp3) is 0.368. The van der Waals surface area contributed by atoms with E-state index in [1.165, 1.54) is 0 Å². The summed E-state index contributed by atoms with van der Waals surface area (Å²) in [5.74, 6) is 0.679. The van der Waals surface area contributed by atoms with Crippen LogP contribution in [0.15, 0.2) is 42.9 Å². The van der Waals surface area contributed by atoms with Gasteiger partial charge in [0, 0.05) is 37.2 Å². The summed E-state index contributed by atoms with van der Waals surface area (Å²) in [4.78, 5) is 18.7. The summed E-state index contributed by atoms with van der Waals surface area (Å²) >= 11 is 0. The Morgan fingerprint density at radius 3 is 2.93 bits per heavy atom. The number of hydrogen-bond acceptors (Lipinski definition) is 4. The van der Waals surface area contributed by atoms with Gasteiger partial charge in [-0.1, -0.05) is 6.07 Å². The van der Waals surface area contributed by atoms with Gasteiger partial charge in [-0.2, -0.15) is 10.2 Å². The number of nitrogens with one attached hydrogen (secondary N) is 1. The maximum atomic E-state index is 12.7. The van der Waals surface area contributed by atoms with Crippen molar-refractivity contribution in [2.45, 2.75) is 32.9 Å². The molecule has 1 atom stereocenters. The SMILES string of the molecule is Cc1cc(C)n([C@@H]2CCN(C(=O)Nc3ccnn3Cc3cccnc3)C2)n1. The first-order valence-corrected chi connectivity index (χ1v) is 9.09. The first-order chi connectivity index (χ1) is 13.1. The molecule has 0 radical (unpaired) electrons. The van der Waals surface area contributed by atoms with Crippen LogP contribution in [0.25, 0.3) is 0 Å². The number of likely N-dealkylation sites (tertiary alicyclic amines) is 1. The van der Waals surface area contributed by atoms with Gasteiger partial charge in [-0.15, -0.1) is 0 Å². The van der Waals surface area contributed by atoms with E-state index < -0.39 is 0 Å². The molecule has 1 aliphatic heterocycles. The molecule has 0 aromatic carbocycles. The number of aromatic nitrogens is 5. The van der Waals surface area contributed by atoms with Crippen LogP contribution in [0, 0.1) is 13.8 Å². The number of rotatable bonds is 4. The Labute approximate surface area is 157 Å². The van der Waals surface area contributed by atoms with Gasteiger partial charge in [0.1, 0.15) is 5.82 Å². The van der Waals surface area contributed by atoms with Crippen LogP contribution in [0.2, 0.25) is 0 Å². The fourth-order valence-electron chi connectivity index (χ4n) is 3.56. The first kappa shape index (κ1) is 17.3. The van der Waals surface area contributed by atoms with Crippen molar-refractivity contribution in [3.8, 4) is 0 Å². The van der Waals surface area contributed by atoms with Crippen LogP contribution in [0.5, 0.6) is 0 Å². The lowest BCUT2D eigenvalue weighted by Crippen LogP contribution is -2.34. The van der Waals surface area contributed by atoms with Crippen molar-refractivity contribution in [1.29, 1.82) is 0 Å². The third-order valence-electron chi connectivity index (χ3n) is 4.85. The maximum absolute atomic E-state index is 12.7. The second kappa shape index (κ2) is 7.22. The fourth-order valence-corrected chi connectivity index (χ4v) is 3.56. The van der Waals surface area contributed by atoms with Crippen LogP contribution in [0.1, 0.15) is 29.4 Å². The molecule has 27 heavy (non-hydrogen) atoms. The van der Waals surface area contributed by atoms with E-state index in [9.17, 15) is 4.79 Å². The molecular formula is C19H23N7O. The molecule has 0 aliphatic carbocycles. The average molecular weight is 365 g/mol. The highest BCUT2D eigenvalue weighted by Gasteiger charge is 2.29. The van der Waals surface area contributed by atoms with E-state index >= 15 is 0 Å². The van der Waals surface area contributed by atoms with Crippen molar-refractivity contribution in [2.24, 2.45) is 0 Å². The topological polar surface area (TPSA) is 80.9 Å². The molecule has 0 spiro atoms. The molecule has 3 aromatic heterocycles. The molecule has 4 heterocycles. The normalized spacial score (nSPS) is 16.7. The van der Waals surface area contributed by atoms with Gasteiger partial charge >= 0.3 is 6.03 Å². The second-order valence-electron chi connectivity index (χ2n) is 6.93. The third kappa shape index (κ3) is 3.69. The molecule has 140 valence electrons. The monoisotopic (exact) mass is 365 g/mol. The van der Waals surface area contributed by atoms with E-state index in [1.54, 1.807) is 23.3 Å². The molecule has 2 amide bonds. The van der Waals surface area contributed by atoms with Crippen molar-refractivity contribution in [3.63, 3.8) is 0 Å². The Bertz CT molecular complexity index is 931. The van der Waals surface area contributed by atoms with Crippen molar-refractivity contribution in [1.82, 2.24) is 29.4 Å². The average Bonchev–Trinajstić information content (AvgIpc) is 3.37. The summed E-state index contributed by atoms with van der Waals surface area (Å²) in [7, 11) is 0. The molecule has 1 N–H and O–H groups in total. The van der Waals surface area contributed by atoms with Gasteiger partial charge in [0.2, 0.25) is 0 Å². The molecule has 3 aromatic rings. The van der Waals surface area contributed by atoms with E-state index in [4.69, 9.17) is 0 Å². The summed E-state index contributed by atoms with van der Waals surface area (Å²) in [6.07, 6.45) is 6.13. The number of hydrogen-bond donors (Lipinski definition) is 1. The van der Waals surface area contributed by atoms with Gasteiger partial charge < -0.3 is 4.90 Å². The number of carbonyl (C=O) groups is 1. The van der Waals surface area contributed by atoms with Crippen molar-refractivity contribution >= 4 is 11.8 Å². The molecule has 4 rings (SSSR count). The first-order valence-electron chi connectivity index (χ1n) is 9.09. The van der Waals surface area contributed by atoms with Crippen molar-refractivity contribution < 1.29 is 4.79 Å². The van der Waals surface area contributed by atoms with Gasteiger partial charge in [-0.05, 0) is 38.0 Å². The highest BCUT2D eigenvalue weighted by atomic mass is 16.2. The van der Waals surface area contributed by atoms with Gasteiger partial charge in [0.05, 0.1) is 24.5 Å². The number of anilines is 1. The minimum atomic E-state index is -0.105. The standard InChI is InChI=1S/C19H23N7O/c1-14-10-15(2)26(23-14)17-6-9-24(13-17)19(27)22-18-5-8-21-25(18)12-16-4-3-7-20-11-16/h3-5,7-8,10-11,17H,6,9,12-13H2,1-2H3,(H,22,27)/t17-/m1/s1. The van der Waals surface area contributed by atoms with Crippen LogP contribution in [-0.4, -0.2) is 48.6 Å². The maximum Gasteiger partial charge on any atom is 0.323 e. The van der Waals surface area contributed by atoms with E-state index in [0.29, 0.717) is 25.5 Å². The number of amides is 2. The number of aryl methyl sites for hydroxylation is 2. The number of pyridine rings is 1. The Morgan fingerprint density at radius 1 is 1.30 bits per heavy atom. The minimum absolute atomic E-state index is 0.105. The molecule has 8 heteroatoms. The summed E-state index contributed by atoms with van der Waals surface area (Å²) in [6, 6.07) is 7.87. The quantitative estimate of drug-likeness (QED) is 0.771. The molecule has 1 aliphatic rings. The van der Waals surface area contributed by atoms with Crippen molar-refractivity contribution in [2.75, 3.05) is 18.4 Å². The molecular weight excluding hydrogens is 342 g/mol. The largest absolute Gasteiger partial charge is 0.323 e. The lowest BCUT2D eigenvalue weighted by atomic mass is 10.2. The Kier molecular flexibility index (Phi) is 4.62. The zero-order valence-electron chi connectivity index (χ0n) is 15.5. The van der Waals surface area contributed by atoms with E-state index in [2.05, 4.69) is 33.5 Å². The van der Waals surface area contributed by atoms with Gasteiger partial charge in [0.15, 0.2) is 0 Å². The van der Waals surface area contributed by atoms with Crippen LogP contribution < -0.4 is 5.32 Å². The third-order valence-corrected chi connectivity index (χ3v) is 4.85. The predicted octanol–water partition coefficient (Wildman–Crippen LogP) is 2.62. The van der Waals surface area contributed by atoms with E-state index in [1.807, 2.05) is 34.7 Å². The van der Waals surface area contributed by atoms with Gasteiger partial charge in [-0.3, -0.25) is 15.0 Å². The van der Waals surface area contributed by atoms with Gasteiger partial charge in [0.25, 0.3) is 0 Å². The van der Waals surface area contributed by atoms with Crippen LogP contribution in [0.4, 0.5) is 10.6 Å². The molecule has 1 saturated heterocycles. The summed E-state index contributed by atoms with van der Waals surface area (Å²) in [5, 5.41) is 11.9. The second-order valence-corrected chi connectivity index (χ2v) is 6.93. The number of urea groups is 1. The lowest BCUT2D eigenvalue weighted by molar-refractivity contribution is 0.220. The number of nitrogens with zero attached hydrogens (tertiary/aromatic N) is 6. The van der Waals surface area contributed by atoms with E-state index in [-0.39, 0.29) is 12.1 Å². The van der Waals surface area contributed by atoms with Gasteiger partial charge in [-0.25, -0.2) is 9.48 Å². The Balaban J connectivity index is 1.40. The minimum Gasteiger partial charge on any atom is -0.322 e. The van der Waals surface area contributed by atoms with E-state index in [0.717, 1.165) is 23.4 Å².